The van der Waals surface area contributed by atoms with Crippen LogP contribution < -0.4 is 14.8 Å². The van der Waals surface area contributed by atoms with Crippen molar-refractivity contribution in [1.29, 1.82) is 0 Å². The minimum absolute atomic E-state index is 0.0707. The number of para-hydroxylation sites is 1. The molecule has 0 unspecified atom stereocenters. The number of anilines is 1. The Bertz CT molecular complexity index is 1150. The number of ether oxygens (including phenoxy) is 2. The molecule has 2 aromatic rings. The second kappa shape index (κ2) is 9.66. The molecular formula is C24H26N4O4S. The molecule has 4 rings (SSSR count). The Morgan fingerprint density at radius 3 is 2.73 bits per heavy atom. The smallest absolute Gasteiger partial charge is 0.259 e. The first-order valence-corrected chi connectivity index (χ1v) is 11.7. The monoisotopic (exact) mass is 466 g/mol. The van der Waals surface area contributed by atoms with E-state index in [1.165, 1.54) is 18.9 Å². The second-order valence-electron chi connectivity index (χ2n) is 7.77. The molecule has 2 aliphatic heterocycles. The highest BCUT2D eigenvalue weighted by molar-refractivity contribution is 8.14. The van der Waals surface area contributed by atoms with Crippen molar-refractivity contribution in [3.8, 4) is 11.5 Å². The quantitative estimate of drug-likeness (QED) is 0.664. The summed E-state index contributed by atoms with van der Waals surface area (Å²) in [6.07, 6.45) is 0.842. The molecule has 33 heavy (non-hydrogen) atoms. The van der Waals surface area contributed by atoms with Gasteiger partial charge in [-0.15, -0.1) is 0 Å². The number of amides is 2. The van der Waals surface area contributed by atoms with E-state index in [1.807, 2.05) is 38.1 Å². The molecule has 0 saturated heterocycles. The van der Waals surface area contributed by atoms with E-state index >= 15 is 0 Å². The van der Waals surface area contributed by atoms with Gasteiger partial charge in [-0.1, -0.05) is 44.2 Å². The predicted octanol–water partition coefficient (Wildman–Crippen LogP) is 4.08. The topological polar surface area (TPSA) is 92.6 Å². The van der Waals surface area contributed by atoms with Crippen LogP contribution in [0.4, 0.5) is 11.4 Å². The molecule has 9 heteroatoms. The fourth-order valence-electron chi connectivity index (χ4n) is 3.68. The molecule has 2 heterocycles. The second-order valence-corrected chi connectivity index (χ2v) is 8.71. The van der Waals surface area contributed by atoms with E-state index in [2.05, 4.69) is 10.3 Å². The first kappa shape index (κ1) is 22.8. The minimum Gasteiger partial charge on any atom is -0.497 e. The summed E-state index contributed by atoms with van der Waals surface area (Å²) in [5.41, 5.74) is 2.11. The van der Waals surface area contributed by atoms with Gasteiger partial charge in [0.05, 0.1) is 31.3 Å². The van der Waals surface area contributed by atoms with Gasteiger partial charge in [0.2, 0.25) is 5.91 Å². The van der Waals surface area contributed by atoms with Gasteiger partial charge in [0, 0.05) is 11.6 Å². The van der Waals surface area contributed by atoms with Crippen molar-refractivity contribution in [2.45, 2.75) is 26.3 Å². The van der Waals surface area contributed by atoms with Gasteiger partial charge in [0.1, 0.15) is 23.4 Å². The number of carbonyl (C=O) groups is 2. The molecule has 2 amide bonds. The third-order valence-corrected chi connectivity index (χ3v) is 6.64. The summed E-state index contributed by atoms with van der Waals surface area (Å²) in [6.45, 7) is 4.07. The maximum Gasteiger partial charge on any atom is 0.259 e. The van der Waals surface area contributed by atoms with Crippen LogP contribution in [0.25, 0.3) is 0 Å². The Kier molecular flexibility index (Phi) is 6.69. The van der Waals surface area contributed by atoms with Crippen molar-refractivity contribution in [3.63, 3.8) is 0 Å². The van der Waals surface area contributed by atoms with Gasteiger partial charge in [-0.3, -0.25) is 14.6 Å². The van der Waals surface area contributed by atoms with Crippen LogP contribution in [0, 0.1) is 5.92 Å². The molecule has 8 nitrogen and oxygen atoms in total. The predicted molar refractivity (Wildman–Crippen MR) is 131 cm³/mol. The van der Waals surface area contributed by atoms with E-state index in [4.69, 9.17) is 14.5 Å². The molecule has 0 aromatic heterocycles. The van der Waals surface area contributed by atoms with E-state index in [1.54, 1.807) is 30.2 Å². The third-order valence-electron chi connectivity index (χ3n) is 5.70. The summed E-state index contributed by atoms with van der Waals surface area (Å²) in [7, 11) is 3.09. The number of aliphatic imine (C=N–C) groups is 2. The molecule has 0 fully saturated rings. The molecule has 172 valence electrons. The fourth-order valence-corrected chi connectivity index (χ4v) is 4.48. The van der Waals surface area contributed by atoms with Crippen LogP contribution in [0.1, 0.15) is 25.8 Å². The zero-order chi connectivity index (χ0) is 23.5. The number of hydrogen-bond acceptors (Lipinski definition) is 7. The van der Waals surface area contributed by atoms with E-state index in [9.17, 15) is 9.59 Å². The molecule has 0 bridgehead atoms. The van der Waals surface area contributed by atoms with Crippen molar-refractivity contribution in [2.75, 3.05) is 25.3 Å². The Morgan fingerprint density at radius 2 is 2.00 bits per heavy atom. The van der Waals surface area contributed by atoms with Crippen LogP contribution in [0.3, 0.4) is 0 Å². The number of rotatable bonds is 7. The number of nitrogens with one attached hydrogen (secondary N) is 1. The van der Waals surface area contributed by atoms with Gasteiger partial charge in [-0.2, -0.15) is 0 Å². The third kappa shape index (κ3) is 4.45. The average molecular weight is 467 g/mol. The molecule has 1 N–H and O–H groups in total. The number of methoxy groups -OCH3 is 2. The van der Waals surface area contributed by atoms with Crippen molar-refractivity contribution >= 4 is 46.0 Å². The number of amidine groups is 2. The highest BCUT2D eigenvalue weighted by Gasteiger charge is 2.43. The Balaban J connectivity index is 1.53. The fraction of sp³-hybridized carbons (Fsp3) is 0.333. The maximum atomic E-state index is 13.2. The lowest BCUT2D eigenvalue weighted by Crippen LogP contribution is -2.42. The van der Waals surface area contributed by atoms with Gasteiger partial charge in [-0.05, 0) is 30.2 Å². The van der Waals surface area contributed by atoms with Crippen LogP contribution in [0.5, 0.6) is 11.5 Å². The standard InChI is InChI=1S/C24H26N4O4S/c1-5-14(2)21-23(30)28-22(27-21)16-8-6-7-9-17(16)26-24(28)33-13-20(29)25-18-11-10-15(31-3)12-19(18)32-4/h6-12,14,21H,5,13H2,1-4H3,(H,25,29)/t14-,21+/m1/s1. The Morgan fingerprint density at radius 1 is 1.21 bits per heavy atom. The van der Waals surface area contributed by atoms with Crippen LogP contribution in [0.2, 0.25) is 0 Å². The first-order valence-electron chi connectivity index (χ1n) is 10.7. The Labute approximate surface area is 197 Å². The summed E-state index contributed by atoms with van der Waals surface area (Å²) in [5.74, 6) is 1.57. The van der Waals surface area contributed by atoms with Crippen LogP contribution in [0.15, 0.2) is 52.4 Å². The van der Waals surface area contributed by atoms with Gasteiger partial charge < -0.3 is 14.8 Å². The van der Waals surface area contributed by atoms with Gasteiger partial charge >= 0.3 is 0 Å². The summed E-state index contributed by atoms with van der Waals surface area (Å²) in [5, 5.41) is 3.31. The van der Waals surface area contributed by atoms with Gasteiger partial charge in [0.15, 0.2) is 5.17 Å². The van der Waals surface area contributed by atoms with E-state index in [0.717, 1.165) is 17.7 Å². The number of fused-ring (bicyclic) bond motifs is 3. The van der Waals surface area contributed by atoms with Crippen LogP contribution >= 0.6 is 11.8 Å². The molecule has 2 aromatic carbocycles. The average Bonchev–Trinajstić information content (AvgIpc) is 3.20. The Hall–Kier alpha value is -3.33. The molecule has 0 aliphatic carbocycles. The lowest BCUT2D eigenvalue weighted by atomic mass is 10.00. The number of nitrogens with zero attached hydrogens (tertiary/aromatic N) is 3. The van der Waals surface area contributed by atoms with Gasteiger partial charge in [0.25, 0.3) is 5.91 Å². The largest absolute Gasteiger partial charge is 0.497 e. The number of thioether (sulfide) groups is 1. The summed E-state index contributed by atoms with van der Waals surface area (Å²) >= 11 is 1.21. The van der Waals surface area contributed by atoms with Crippen molar-refractivity contribution in [3.05, 3.63) is 48.0 Å². The summed E-state index contributed by atoms with van der Waals surface area (Å²) in [4.78, 5) is 36.9. The summed E-state index contributed by atoms with van der Waals surface area (Å²) < 4.78 is 10.5. The normalized spacial score (nSPS) is 17.5. The lowest BCUT2D eigenvalue weighted by molar-refractivity contribution is -0.125. The van der Waals surface area contributed by atoms with E-state index in [-0.39, 0.29) is 23.5 Å². The molecule has 2 atom stereocenters. The highest BCUT2D eigenvalue weighted by atomic mass is 32.2. The van der Waals surface area contributed by atoms with E-state index in [0.29, 0.717) is 28.2 Å². The number of carbonyl (C=O) groups excluding carboxylic acids is 2. The molecule has 0 saturated carbocycles. The first-order chi connectivity index (χ1) is 16.0. The van der Waals surface area contributed by atoms with Crippen molar-refractivity contribution in [1.82, 2.24) is 4.90 Å². The zero-order valence-corrected chi connectivity index (χ0v) is 19.8. The molecule has 0 spiro atoms. The van der Waals surface area contributed by atoms with Crippen molar-refractivity contribution < 1.29 is 19.1 Å². The minimum atomic E-state index is -0.445. The number of hydrogen-bond donors (Lipinski definition) is 1. The van der Waals surface area contributed by atoms with Crippen LogP contribution in [-0.2, 0) is 9.59 Å². The van der Waals surface area contributed by atoms with Crippen LogP contribution in [-0.4, -0.2) is 53.7 Å². The zero-order valence-electron chi connectivity index (χ0n) is 19.0. The summed E-state index contributed by atoms with van der Waals surface area (Å²) in [6, 6.07) is 12.3. The molecule has 2 aliphatic rings. The molecular weight excluding hydrogens is 440 g/mol. The molecule has 0 radical (unpaired) electrons. The van der Waals surface area contributed by atoms with Crippen molar-refractivity contribution in [2.24, 2.45) is 15.9 Å². The lowest BCUT2D eigenvalue weighted by Gasteiger charge is -2.25. The number of benzene rings is 2. The van der Waals surface area contributed by atoms with E-state index < -0.39 is 6.04 Å². The highest BCUT2D eigenvalue weighted by Crippen LogP contribution is 2.35. The SMILES string of the molecule is CC[C@@H](C)[C@@H]1N=C2c3ccccc3N=C(SCC(=O)Nc3ccc(OC)cc3OC)N2C1=O. The van der Waals surface area contributed by atoms with Gasteiger partial charge in [-0.25, -0.2) is 9.89 Å². The maximum absolute atomic E-state index is 13.2.